The average molecular weight is 536 g/mol. The van der Waals surface area contributed by atoms with Gasteiger partial charge in [-0.25, -0.2) is 31.8 Å². The molecule has 0 aliphatic carbocycles. The number of fused-ring (bicyclic) bond motifs is 2. The van der Waals surface area contributed by atoms with Crippen molar-refractivity contribution in [3.8, 4) is 11.5 Å². The number of aromatic nitrogens is 2. The van der Waals surface area contributed by atoms with Crippen molar-refractivity contribution in [1.82, 2.24) is 9.97 Å². The smallest absolute Gasteiger partial charge is 0.226 e. The van der Waals surface area contributed by atoms with Gasteiger partial charge in [-0.3, -0.25) is 0 Å². The van der Waals surface area contributed by atoms with Gasteiger partial charge >= 0.3 is 0 Å². The number of benzene rings is 3. The highest BCUT2D eigenvalue weighted by molar-refractivity contribution is 7.92. The highest BCUT2D eigenvalue weighted by Gasteiger charge is 2.36. The maximum absolute atomic E-state index is 13.8. The van der Waals surface area contributed by atoms with Crippen LogP contribution >= 0.6 is 0 Å². The molecule has 0 fully saturated rings. The lowest BCUT2D eigenvalue weighted by Gasteiger charge is -2.11. The van der Waals surface area contributed by atoms with Gasteiger partial charge in [-0.05, 0) is 49.4 Å². The zero-order valence-corrected chi connectivity index (χ0v) is 21.7. The minimum Gasteiger partial charge on any atom is -0.497 e. The van der Waals surface area contributed by atoms with E-state index >= 15 is 0 Å². The molecule has 4 aromatic rings. The number of methoxy groups -OCH3 is 2. The lowest BCUT2D eigenvalue weighted by molar-refractivity contribution is 0.414. The topological polar surface area (TPSA) is 125 Å². The summed E-state index contributed by atoms with van der Waals surface area (Å²) in [5, 5.41) is -1.02. The average Bonchev–Trinajstić information content (AvgIpc) is 3.01. The maximum Gasteiger partial charge on any atom is 0.226 e. The summed E-state index contributed by atoms with van der Waals surface area (Å²) < 4.78 is 65.5. The molecule has 0 saturated carbocycles. The SMILES string of the molecule is COc1ccc(S(=O)(=O)c2ncnc3c2N=C(c2ccc(C)cc2)c2cc(OC)ccc2S3(=O)=O)cc1. The third-order valence-electron chi connectivity index (χ3n) is 5.91. The molecule has 0 amide bonds. The second kappa shape index (κ2) is 9.09. The number of aryl methyl sites for hydroxylation is 1. The zero-order valence-electron chi connectivity index (χ0n) is 20.0. The Morgan fingerprint density at radius 3 is 2.11 bits per heavy atom. The Labute approximate surface area is 214 Å². The van der Waals surface area contributed by atoms with E-state index in [2.05, 4.69) is 15.0 Å². The Kier molecular flexibility index (Phi) is 6.04. The molecule has 2 heterocycles. The predicted octanol–water partition coefficient (Wildman–Crippen LogP) is 3.95. The van der Waals surface area contributed by atoms with Crippen molar-refractivity contribution in [3.05, 3.63) is 89.7 Å². The molecule has 0 unspecified atom stereocenters. The summed E-state index contributed by atoms with van der Waals surface area (Å²) in [4.78, 5) is 12.5. The van der Waals surface area contributed by atoms with Crippen LogP contribution in [0.5, 0.6) is 11.5 Å². The van der Waals surface area contributed by atoms with Crippen LogP contribution in [0.4, 0.5) is 5.69 Å². The first-order valence-electron chi connectivity index (χ1n) is 11.0. The summed E-state index contributed by atoms with van der Waals surface area (Å²) in [6.07, 6.45) is 0.919. The molecule has 0 saturated heterocycles. The summed E-state index contributed by atoms with van der Waals surface area (Å²) >= 11 is 0. The first-order valence-corrected chi connectivity index (χ1v) is 14.0. The fourth-order valence-corrected chi connectivity index (χ4v) is 6.81. The second-order valence-electron chi connectivity index (χ2n) is 8.20. The van der Waals surface area contributed by atoms with E-state index in [-0.39, 0.29) is 26.8 Å². The predicted molar refractivity (Wildman–Crippen MR) is 135 cm³/mol. The van der Waals surface area contributed by atoms with Crippen LogP contribution in [0.1, 0.15) is 16.7 Å². The van der Waals surface area contributed by atoms with Gasteiger partial charge in [0.15, 0.2) is 10.1 Å². The third kappa shape index (κ3) is 4.15. The van der Waals surface area contributed by atoms with Crippen molar-refractivity contribution >= 4 is 31.1 Å². The van der Waals surface area contributed by atoms with Gasteiger partial charge in [0.1, 0.15) is 23.5 Å². The van der Waals surface area contributed by atoms with Crippen molar-refractivity contribution in [3.63, 3.8) is 0 Å². The van der Waals surface area contributed by atoms with E-state index in [1.165, 1.54) is 50.6 Å². The molecule has 9 nitrogen and oxygen atoms in total. The van der Waals surface area contributed by atoms with Crippen LogP contribution in [0, 0.1) is 6.92 Å². The number of rotatable bonds is 5. The Bertz CT molecular complexity index is 1760. The third-order valence-corrected chi connectivity index (χ3v) is 9.36. The summed E-state index contributed by atoms with van der Waals surface area (Å²) in [6.45, 7) is 1.92. The Hall–Kier alpha value is -4.09. The summed E-state index contributed by atoms with van der Waals surface area (Å²) in [7, 11) is -5.65. The van der Waals surface area contributed by atoms with Gasteiger partial charge in [0.05, 0.1) is 29.7 Å². The van der Waals surface area contributed by atoms with Crippen molar-refractivity contribution < 1.29 is 26.3 Å². The molecule has 37 heavy (non-hydrogen) atoms. The Balaban J connectivity index is 1.85. The van der Waals surface area contributed by atoms with Gasteiger partial charge in [0.2, 0.25) is 19.7 Å². The molecule has 1 aromatic heterocycles. The van der Waals surface area contributed by atoms with Crippen LogP contribution in [-0.2, 0) is 19.7 Å². The molecular formula is C26H21N3O6S2. The summed E-state index contributed by atoms with van der Waals surface area (Å²) in [6, 6.07) is 17.5. The first-order chi connectivity index (χ1) is 17.7. The van der Waals surface area contributed by atoms with E-state index in [4.69, 9.17) is 9.47 Å². The molecule has 0 N–H and O–H groups in total. The molecule has 0 spiro atoms. The van der Waals surface area contributed by atoms with Crippen LogP contribution in [0.25, 0.3) is 0 Å². The van der Waals surface area contributed by atoms with Gasteiger partial charge in [0.25, 0.3) is 0 Å². The Morgan fingerprint density at radius 2 is 1.46 bits per heavy atom. The second-order valence-corrected chi connectivity index (χ2v) is 11.9. The molecule has 0 bridgehead atoms. The van der Waals surface area contributed by atoms with E-state index in [0.717, 1.165) is 11.9 Å². The van der Waals surface area contributed by atoms with Crippen LogP contribution < -0.4 is 9.47 Å². The van der Waals surface area contributed by atoms with Crippen LogP contribution in [-0.4, -0.2) is 46.7 Å². The van der Waals surface area contributed by atoms with Crippen molar-refractivity contribution in [2.75, 3.05) is 14.2 Å². The largest absolute Gasteiger partial charge is 0.497 e. The lowest BCUT2D eigenvalue weighted by atomic mass is 10.0. The fourth-order valence-electron chi connectivity index (χ4n) is 3.97. The van der Waals surface area contributed by atoms with Gasteiger partial charge in [-0.2, -0.15) is 0 Å². The molecule has 0 radical (unpaired) electrons. The molecule has 1 aliphatic rings. The van der Waals surface area contributed by atoms with Gasteiger partial charge in [-0.1, -0.05) is 29.8 Å². The number of aliphatic imine (C=N–C) groups is 1. The number of hydrogen-bond acceptors (Lipinski definition) is 9. The molecule has 0 atom stereocenters. The molecular weight excluding hydrogens is 514 g/mol. The normalized spacial score (nSPS) is 14.1. The highest BCUT2D eigenvalue weighted by atomic mass is 32.2. The molecule has 5 rings (SSSR count). The zero-order chi connectivity index (χ0) is 26.4. The van der Waals surface area contributed by atoms with E-state index in [9.17, 15) is 16.8 Å². The quantitative estimate of drug-likeness (QED) is 0.310. The van der Waals surface area contributed by atoms with E-state index in [0.29, 0.717) is 17.1 Å². The summed E-state index contributed by atoms with van der Waals surface area (Å²) in [5.74, 6) is 0.879. The lowest BCUT2D eigenvalue weighted by Crippen LogP contribution is -2.11. The molecule has 3 aromatic carbocycles. The molecule has 11 heteroatoms. The monoisotopic (exact) mass is 535 g/mol. The Morgan fingerprint density at radius 1 is 0.811 bits per heavy atom. The first kappa shape index (κ1) is 24.6. The van der Waals surface area contributed by atoms with Gasteiger partial charge in [0, 0.05) is 11.1 Å². The van der Waals surface area contributed by atoms with Crippen LogP contribution in [0.3, 0.4) is 0 Å². The van der Waals surface area contributed by atoms with E-state index < -0.39 is 29.7 Å². The van der Waals surface area contributed by atoms with E-state index in [1.54, 1.807) is 18.2 Å². The standard InChI is InChI=1S/C26H21N3O6S2/c1-16-4-6-17(7-5-16)23-21-14-19(35-3)10-13-22(21)37(32,33)26-24(29-23)25(27-15-28-26)36(30,31)20-11-8-18(34-2)9-12-20/h4-15H,1-3H3. The van der Waals surface area contributed by atoms with Gasteiger partial charge in [-0.15, -0.1) is 0 Å². The number of hydrogen-bond donors (Lipinski definition) is 0. The van der Waals surface area contributed by atoms with Gasteiger partial charge < -0.3 is 9.47 Å². The summed E-state index contributed by atoms with van der Waals surface area (Å²) in [5.41, 5.74) is 1.72. The number of ether oxygens (including phenoxy) is 2. The van der Waals surface area contributed by atoms with Crippen molar-refractivity contribution in [2.24, 2.45) is 4.99 Å². The van der Waals surface area contributed by atoms with Crippen LogP contribution in [0.2, 0.25) is 0 Å². The van der Waals surface area contributed by atoms with Crippen LogP contribution in [0.15, 0.2) is 97.9 Å². The molecule has 188 valence electrons. The van der Waals surface area contributed by atoms with Crippen molar-refractivity contribution in [2.45, 2.75) is 26.8 Å². The highest BCUT2D eigenvalue weighted by Crippen LogP contribution is 2.40. The minimum atomic E-state index is -4.29. The fraction of sp³-hybridized carbons (Fsp3) is 0.115. The van der Waals surface area contributed by atoms with Crippen molar-refractivity contribution in [1.29, 1.82) is 0 Å². The number of sulfone groups is 2. The minimum absolute atomic E-state index is 0.0714. The number of nitrogens with zero attached hydrogens (tertiary/aromatic N) is 3. The maximum atomic E-state index is 13.8. The van der Waals surface area contributed by atoms with E-state index in [1.807, 2.05) is 19.1 Å². The molecule has 1 aliphatic heterocycles.